The van der Waals surface area contributed by atoms with Gasteiger partial charge in [-0.1, -0.05) is 29.3 Å². The second-order valence-corrected chi connectivity index (χ2v) is 8.00. The number of benzene rings is 2. The minimum absolute atomic E-state index is 0.00416. The van der Waals surface area contributed by atoms with Crippen LogP contribution >= 0.6 is 23.2 Å². The normalized spacial score (nSPS) is 15.3. The van der Waals surface area contributed by atoms with Crippen molar-refractivity contribution in [2.24, 2.45) is 0 Å². The molecule has 0 unspecified atom stereocenters. The predicted octanol–water partition coefficient (Wildman–Crippen LogP) is 3.62. The summed E-state index contributed by atoms with van der Waals surface area (Å²) in [5.74, 6) is 0.767. The molecule has 128 valence electrons. The minimum Gasteiger partial charge on any atom is -0.492 e. The first-order valence-electron chi connectivity index (χ1n) is 7.28. The summed E-state index contributed by atoms with van der Waals surface area (Å²) in [7, 11) is -1.85. The zero-order valence-electron chi connectivity index (χ0n) is 12.9. The Morgan fingerprint density at radius 2 is 2.00 bits per heavy atom. The van der Waals surface area contributed by atoms with Crippen molar-refractivity contribution in [1.29, 1.82) is 0 Å². The first-order chi connectivity index (χ1) is 11.4. The van der Waals surface area contributed by atoms with Gasteiger partial charge in [-0.25, -0.2) is 8.42 Å². The van der Waals surface area contributed by atoms with E-state index in [1.165, 1.54) is 6.07 Å². The maximum absolute atomic E-state index is 12.6. The molecule has 0 saturated carbocycles. The molecule has 0 aromatic heterocycles. The molecule has 1 aliphatic heterocycles. The van der Waals surface area contributed by atoms with E-state index < -0.39 is 10.0 Å². The van der Waals surface area contributed by atoms with Crippen LogP contribution in [0.5, 0.6) is 5.75 Å². The van der Waals surface area contributed by atoms with Crippen LogP contribution in [0, 0.1) is 0 Å². The van der Waals surface area contributed by atoms with Crippen molar-refractivity contribution < 1.29 is 13.2 Å². The molecule has 3 rings (SSSR count). The standard InChI is InChI=1S/C16H16Cl2N2O3S/c1-20-7-8-23-14-6-5-12(9-11(14)10-20)19-24(21,22)15-4-2-3-13(17)16(15)18/h2-6,9,19H,7-8,10H2,1H3. The lowest BCUT2D eigenvalue weighted by Crippen LogP contribution is -2.20. The predicted molar refractivity (Wildman–Crippen MR) is 95.5 cm³/mol. The first kappa shape index (κ1) is 17.4. The number of nitrogens with zero attached hydrogens (tertiary/aromatic N) is 1. The summed E-state index contributed by atoms with van der Waals surface area (Å²) < 4.78 is 33.4. The van der Waals surface area contributed by atoms with E-state index in [0.717, 1.165) is 17.9 Å². The molecule has 0 saturated heterocycles. The molecule has 1 N–H and O–H groups in total. The maximum Gasteiger partial charge on any atom is 0.263 e. The molecule has 8 heteroatoms. The molecule has 1 aliphatic rings. The number of sulfonamides is 1. The third-order valence-corrected chi connectivity index (χ3v) is 6.04. The van der Waals surface area contributed by atoms with Gasteiger partial charge in [0.2, 0.25) is 0 Å². The molecule has 0 fully saturated rings. The third kappa shape index (κ3) is 3.62. The lowest BCUT2D eigenvalue weighted by Gasteiger charge is -2.14. The van der Waals surface area contributed by atoms with Crippen LogP contribution in [-0.4, -0.2) is 33.5 Å². The van der Waals surface area contributed by atoms with Crippen LogP contribution in [0.25, 0.3) is 0 Å². The molecule has 2 aromatic carbocycles. The van der Waals surface area contributed by atoms with Gasteiger partial charge >= 0.3 is 0 Å². The molecule has 0 radical (unpaired) electrons. The summed E-state index contributed by atoms with van der Waals surface area (Å²) >= 11 is 11.9. The van der Waals surface area contributed by atoms with Crippen LogP contribution in [0.15, 0.2) is 41.3 Å². The van der Waals surface area contributed by atoms with Gasteiger partial charge < -0.3 is 4.74 Å². The third-order valence-electron chi connectivity index (χ3n) is 3.69. The molecular formula is C16H16Cl2N2O3S. The Morgan fingerprint density at radius 3 is 2.79 bits per heavy atom. The highest BCUT2D eigenvalue weighted by atomic mass is 35.5. The summed E-state index contributed by atoms with van der Waals surface area (Å²) in [6.07, 6.45) is 0. The van der Waals surface area contributed by atoms with Crippen molar-refractivity contribution >= 4 is 38.9 Å². The van der Waals surface area contributed by atoms with Crippen molar-refractivity contribution in [3.8, 4) is 5.75 Å². The molecule has 1 heterocycles. The lowest BCUT2D eigenvalue weighted by molar-refractivity contribution is 0.259. The summed E-state index contributed by atoms with van der Waals surface area (Å²) in [5.41, 5.74) is 1.37. The van der Waals surface area contributed by atoms with E-state index in [0.29, 0.717) is 18.8 Å². The van der Waals surface area contributed by atoms with E-state index in [4.69, 9.17) is 27.9 Å². The number of ether oxygens (including phenoxy) is 1. The summed E-state index contributed by atoms with van der Waals surface area (Å²) in [4.78, 5) is 2.05. The molecule has 2 aromatic rings. The topological polar surface area (TPSA) is 58.6 Å². The summed E-state index contributed by atoms with van der Waals surface area (Å²) in [6, 6.07) is 9.71. The van der Waals surface area contributed by atoms with Gasteiger partial charge in [0.1, 0.15) is 17.3 Å². The summed E-state index contributed by atoms with van der Waals surface area (Å²) in [6.45, 7) is 2.10. The van der Waals surface area contributed by atoms with Gasteiger partial charge in [-0.05, 0) is 37.4 Å². The van der Waals surface area contributed by atoms with Crippen LogP contribution < -0.4 is 9.46 Å². The highest BCUT2D eigenvalue weighted by molar-refractivity contribution is 7.92. The van der Waals surface area contributed by atoms with Gasteiger partial charge in [0, 0.05) is 24.3 Å². The van der Waals surface area contributed by atoms with Gasteiger partial charge in [-0.15, -0.1) is 0 Å². The average molecular weight is 387 g/mol. The molecule has 24 heavy (non-hydrogen) atoms. The number of hydrogen-bond acceptors (Lipinski definition) is 4. The zero-order chi connectivity index (χ0) is 17.3. The molecule has 5 nitrogen and oxygen atoms in total. The number of rotatable bonds is 3. The average Bonchev–Trinajstić information content (AvgIpc) is 2.69. The maximum atomic E-state index is 12.6. The van der Waals surface area contributed by atoms with Gasteiger partial charge in [0.25, 0.3) is 10.0 Å². The van der Waals surface area contributed by atoms with Crippen LogP contribution in [0.2, 0.25) is 10.0 Å². The fraction of sp³-hybridized carbons (Fsp3) is 0.250. The zero-order valence-corrected chi connectivity index (χ0v) is 15.2. The van der Waals surface area contributed by atoms with E-state index in [-0.39, 0.29) is 14.9 Å². The Hall–Kier alpha value is -1.47. The number of likely N-dealkylation sites (N-methyl/N-ethyl adjacent to an activating group) is 1. The van der Waals surface area contributed by atoms with Crippen LogP contribution in [-0.2, 0) is 16.6 Å². The number of halogens is 2. The highest BCUT2D eigenvalue weighted by Gasteiger charge is 2.21. The van der Waals surface area contributed by atoms with Crippen molar-refractivity contribution in [2.75, 3.05) is 24.9 Å². The van der Waals surface area contributed by atoms with Gasteiger partial charge in [-0.2, -0.15) is 0 Å². The SMILES string of the molecule is CN1CCOc2ccc(NS(=O)(=O)c3cccc(Cl)c3Cl)cc2C1. The Morgan fingerprint density at radius 1 is 1.21 bits per heavy atom. The fourth-order valence-electron chi connectivity index (χ4n) is 2.49. The Bertz CT molecular complexity index is 872. The number of fused-ring (bicyclic) bond motifs is 1. The number of anilines is 1. The van der Waals surface area contributed by atoms with Gasteiger partial charge in [0.05, 0.1) is 10.0 Å². The second kappa shape index (κ2) is 6.80. The smallest absolute Gasteiger partial charge is 0.263 e. The van der Waals surface area contributed by atoms with E-state index in [1.807, 2.05) is 7.05 Å². The lowest BCUT2D eigenvalue weighted by atomic mass is 10.1. The van der Waals surface area contributed by atoms with E-state index >= 15 is 0 Å². The molecule has 0 spiro atoms. The Balaban J connectivity index is 1.92. The van der Waals surface area contributed by atoms with Crippen molar-refractivity contribution in [3.05, 3.63) is 52.0 Å². The van der Waals surface area contributed by atoms with Crippen molar-refractivity contribution in [1.82, 2.24) is 4.90 Å². The van der Waals surface area contributed by atoms with E-state index in [2.05, 4.69) is 9.62 Å². The largest absolute Gasteiger partial charge is 0.492 e. The second-order valence-electron chi connectivity index (χ2n) is 5.57. The molecule has 0 amide bonds. The Labute approximate surface area is 151 Å². The highest BCUT2D eigenvalue weighted by Crippen LogP contribution is 2.31. The molecule has 0 bridgehead atoms. The van der Waals surface area contributed by atoms with Crippen molar-refractivity contribution in [3.63, 3.8) is 0 Å². The quantitative estimate of drug-likeness (QED) is 0.874. The van der Waals surface area contributed by atoms with Crippen LogP contribution in [0.3, 0.4) is 0 Å². The van der Waals surface area contributed by atoms with E-state index in [9.17, 15) is 8.42 Å². The first-order valence-corrected chi connectivity index (χ1v) is 9.52. The molecule has 0 atom stereocenters. The fourth-order valence-corrected chi connectivity index (χ4v) is 4.30. The van der Waals surface area contributed by atoms with E-state index in [1.54, 1.807) is 30.3 Å². The van der Waals surface area contributed by atoms with Crippen LogP contribution in [0.1, 0.15) is 5.56 Å². The number of hydrogen-bond donors (Lipinski definition) is 1. The molecule has 0 aliphatic carbocycles. The monoisotopic (exact) mass is 386 g/mol. The van der Waals surface area contributed by atoms with Gasteiger partial charge in [-0.3, -0.25) is 9.62 Å². The summed E-state index contributed by atoms with van der Waals surface area (Å²) in [5, 5.41) is 0.195. The minimum atomic E-state index is -3.84. The Kier molecular flexibility index (Phi) is 4.92. The number of nitrogens with one attached hydrogen (secondary N) is 1. The van der Waals surface area contributed by atoms with Crippen LogP contribution in [0.4, 0.5) is 5.69 Å². The molecular weight excluding hydrogens is 371 g/mol. The van der Waals surface area contributed by atoms with Crippen molar-refractivity contribution in [2.45, 2.75) is 11.4 Å². The van der Waals surface area contributed by atoms with Gasteiger partial charge in [0.15, 0.2) is 0 Å².